The average molecular weight is 461 g/mol. The second-order valence-electron chi connectivity index (χ2n) is 7.27. The number of halogens is 5. The molecule has 0 radical (unpaired) electrons. The second kappa shape index (κ2) is 6.15. The van der Waals surface area contributed by atoms with Crippen molar-refractivity contribution in [1.82, 2.24) is 20.5 Å². The van der Waals surface area contributed by atoms with Crippen LogP contribution in [0.3, 0.4) is 0 Å². The highest BCUT2D eigenvalue weighted by Crippen LogP contribution is 3.02. The summed E-state index contributed by atoms with van der Waals surface area (Å²) in [7, 11) is -9.75. The van der Waals surface area contributed by atoms with Crippen LogP contribution in [0.1, 0.15) is 19.2 Å². The number of hydrogen-bond donors (Lipinski definition) is 2. The van der Waals surface area contributed by atoms with E-state index in [4.69, 9.17) is 4.42 Å². The molecule has 3 heterocycles. The maximum Gasteiger partial charge on any atom is 0.310 e. The van der Waals surface area contributed by atoms with Gasteiger partial charge in [-0.1, -0.05) is 19.4 Å². The van der Waals surface area contributed by atoms with Gasteiger partial charge in [-0.15, -0.1) is 10.2 Å². The van der Waals surface area contributed by atoms with E-state index < -0.39 is 20.5 Å². The molecule has 2 N–H and O–H groups in total. The number of rotatable bonds is 5. The first-order valence-corrected chi connectivity index (χ1v) is 10.9. The molecule has 1 unspecified atom stereocenters. The maximum absolute atomic E-state index is 12.9. The van der Waals surface area contributed by atoms with E-state index in [9.17, 15) is 24.2 Å². The van der Waals surface area contributed by atoms with Gasteiger partial charge in [-0.05, 0) is 49.7 Å². The van der Waals surface area contributed by atoms with Crippen LogP contribution in [-0.4, -0.2) is 27.6 Å². The van der Waals surface area contributed by atoms with Gasteiger partial charge in [0.1, 0.15) is 16.1 Å². The van der Waals surface area contributed by atoms with Gasteiger partial charge in [0.2, 0.25) is 11.8 Å². The number of anilines is 2. The smallest absolute Gasteiger partial charge is 0.310 e. The second-order valence-corrected chi connectivity index (χ2v) is 9.68. The van der Waals surface area contributed by atoms with Gasteiger partial charge in [0.05, 0.1) is 5.56 Å². The van der Waals surface area contributed by atoms with E-state index in [1.165, 1.54) is 6.20 Å². The SMILES string of the molecule is CC1(c2nnc(-c3cccnc3Nc3ccc(S(F)(F)(F)(F)F)cc3)o2)CCNC1=O. The summed E-state index contributed by atoms with van der Waals surface area (Å²) in [6.45, 7) is 2.15. The van der Waals surface area contributed by atoms with Crippen LogP contribution in [0, 0.1) is 0 Å². The normalized spacial score (nSPS) is 21.3. The molecule has 0 bridgehead atoms. The Bertz CT molecular complexity index is 1170. The highest BCUT2D eigenvalue weighted by Gasteiger charge is 2.65. The minimum Gasteiger partial charge on any atom is -0.419 e. The van der Waals surface area contributed by atoms with E-state index in [-0.39, 0.29) is 29.2 Å². The van der Waals surface area contributed by atoms with Crippen LogP contribution in [-0.2, 0) is 10.2 Å². The molecule has 3 aromatic rings. The number of benzene rings is 1. The molecule has 1 atom stereocenters. The number of aromatic nitrogens is 3. The zero-order valence-corrected chi connectivity index (χ0v) is 16.7. The van der Waals surface area contributed by atoms with Crippen molar-refractivity contribution < 1.29 is 28.6 Å². The fraction of sp³-hybridized carbons (Fsp3) is 0.222. The molecule has 1 aliphatic heterocycles. The molecular formula is C18H16F5N5O2S. The molecule has 13 heteroatoms. The van der Waals surface area contributed by atoms with Crippen LogP contribution in [0.5, 0.6) is 0 Å². The van der Waals surface area contributed by atoms with Gasteiger partial charge in [-0.25, -0.2) is 4.98 Å². The van der Waals surface area contributed by atoms with Crippen LogP contribution in [0.2, 0.25) is 0 Å². The van der Waals surface area contributed by atoms with Crippen LogP contribution < -0.4 is 10.6 Å². The van der Waals surface area contributed by atoms with Crippen LogP contribution >= 0.6 is 10.2 Å². The summed E-state index contributed by atoms with van der Waals surface area (Å²) in [6, 6.07) is 5.50. The van der Waals surface area contributed by atoms with Crippen LogP contribution in [0.15, 0.2) is 51.9 Å². The summed E-state index contributed by atoms with van der Waals surface area (Å²) in [5.41, 5.74) is -0.560. The lowest BCUT2D eigenvalue weighted by Crippen LogP contribution is -2.32. The van der Waals surface area contributed by atoms with Gasteiger partial charge in [-0.2, -0.15) is 0 Å². The first-order valence-electron chi connectivity index (χ1n) is 8.95. The number of nitrogens with zero attached hydrogens (tertiary/aromatic N) is 3. The molecule has 4 rings (SSSR count). The summed E-state index contributed by atoms with van der Waals surface area (Å²) in [5.74, 6) is 0.0674. The Kier molecular flexibility index (Phi) is 4.17. The lowest BCUT2D eigenvalue weighted by Gasteiger charge is -2.40. The van der Waals surface area contributed by atoms with Gasteiger partial charge in [0, 0.05) is 18.4 Å². The van der Waals surface area contributed by atoms with E-state index in [2.05, 4.69) is 25.8 Å². The molecule has 0 saturated carbocycles. The predicted molar refractivity (Wildman–Crippen MR) is 104 cm³/mol. The third-order valence-electron chi connectivity index (χ3n) is 4.91. The van der Waals surface area contributed by atoms with E-state index in [1.807, 2.05) is 0 Å². The Balaban J connectivity index is 1.63. The first kappa shape index (κ1) is 21.0. The average Bonchev–Trinajstić information content (AvgIpc) is 3.29. The van der Waals surface area contributed by atoms with Gasteiger partial charge in [0.25, 0.3) is 5.89 Å². The van der Waals surface area contributed by atoms with E-state index in [0.717, 1.165) is 12.1 Å². The number of nitrogens with one attached hydrogen (secondary N) is 2. The van der Waals surface area contributed by atoms with Gasteiger partial charge < -0.3 is 15.1 Å². The van der Waals surface area contributed by atoms with Crippen molar-refractivity contribution in [3.8, 4) is 11.5 Å². The van der Waals surface area contributed by atoms with Crippen LogP contribution in [0.25, 0.3) is 11.5 Å². The van der Waals surface area contributed by atoms with Gasteiger partial charge in [-0.3, -0.25) is 4.79 Å². The van der Waals surface area contributed by atoms with E-state index in [0.29, 0.717) is 30.7 Å². The zero-order valence-electron chi connectivity index (χ0n) is 15.9. The highest BCUT2D eigenvalue weighted by molar-refractivity contribution is 8.45. The van der Waals surface area contributed by atoms with Crippen molar-refractivity contribution in [3.05, 3.63) is 48.5 Å². The standard InChI is InChI=1S/C18H16F5N5O2S/c1-18(8-10-25-16(18)29)17-28-27-15(30-17)13-3-2-9-24-14(13)26-11-4-6-12(7-5-11)31(19,20,21,22)23/h2-7,9H,8,10H2,1H3,(H,24,26)(H,25,29). The Morgan fingerprint density at radius 3 is 2.42 bits per heavy atom. The zero-order chi connectivity index (χ0) is 22.6. The molecule has 1 fully saturated rings. The molecule has 31 heavy (non-hydrogen) atoms. The minimum atomic E-state index is -9.75. The van der Waals surface area contributed by atoms with Crippen molar-refractivity contribution in [1.29, 1.82) is 0 Å². The fourth-order valence-corrected chi connectivity index (χ4v) is 3.75. The van der Waals surface area contributed by atoms with E-state index in [1.54, 1.807) is 19.1 Å². The Hall–Kier alpha value is -3.22. The third kappa shape index (κ3) is 4.04. The molecule has 1 amide bonds. The summed E-state index contributed by atoms with van der Waals surface area (Å²) < 4.78 is 70.1. The van der Waals surface area contributed by atoms with Crippen molar-refractivity contribution in [2.24, 2.45) is 0 Å². The largest absolute Gasteiger partial charge is 0.419 e. The number of carbonyl (C=O) groups excluding carboxylic acids is 1. The quantitative estimate of drug-likeness (QED) is 0.501. The molecule has 0 spiro atoms. The Morgan fingerprint density at radius 2 is 1.81 bits per heavy atom. The summed E-state index contributed by atoms with van der Waals surface area (Å²) in [6.07, 6.45) is 1.89. The fourth-order valence-electron chi connectivity index (χ4n) is 3.10. The lowest BCUT2D eigenvalue weighted by molar-refractivity contribution is -0.124. The predicted octanol–water partition coefficient (Wildman–Crippen LogP) is 5.31. The van der Waals surface area contributed by atoms with Crippen molar-refractivity contribution in [3.63, 3.8) is 0 Å². The topological polar surface area (TPSA) is 92.9 Å². The molecule has 1 aromatic carbocycles. The molecule has 2 aromatic heterocycles. The monoisotopic (exact) mass is 461 g/mol. The molecule has 7 nitrogen and oxygen atoms in total. The minimum absolute atomic E-state index is 0.0372. The number of hydrogen-bond acceptors (Lipinski definition) is 6. The lowest BCUT2D eigenvalue weighted by atomic mass is 9.89. The van der Waals surface area contributed by atoms with Gasteiger partial charge in [0.15, 0.2) is 0 Å². The van der Waals surface area contributed by atoms with Crippen molar-refractivity contribution >= 4 is 27.6 Å². The number of amides is 1. The van der Waals surface area contributed by atoms with Gasteiger partial charge >= 0.3 is 10.2 Å². The molecule has 166 valence electrons. The maximum atomic E-state index is 12.9. The Labute approximate surface area is 172 Å². The van der Waals surface area contributed by atoms with Crippen molar-refractivity contribution in [2.75, 3.05) is 11.9 Å². The first-order chi connectivity index (χ1) is 14.3. The molecular weight excluding hydrogens is 445 g/mol. The van der Waals surface area contributed by atoms with Crippen LogP contribution in [0.4, 0.5) is 30.9 Å². The summed E-state index contributed by atoms with van der Waals surface area (Å²) >= 11 is 0. The third-order valence-corrected chi connectivity index (χ3v) is 6.07. The molecule has 1 aliphatic rings. The summed E-state index contributed by atoms with van der Waals surface area (Å²) in [5, 5.41) is 13.4. The Morgan fingerprint density at radius 1 is 1.10 bits per heavy atom. The summed E-state index contributed by atoms with van der Waals surface area (Å²) in [4.78, 5) is 14.2. The molecule has 1 saturated heterocycles. The van der Waals surface area contributed by atoms with Crippen molar-refractivity contribution in [2.45, 2.75) is 23.7 Å². The molecule has 0 aliphatic carbocycles. The van der Waals surface area contributed by atoms with E-state index >= 15 is 0 Å². The number of carbonyl (C=O) groups is 1. The number of pyridine rings is 1. The highest BCUT2D eigenvalue weighted by atomic mass is 32.5.